The summed E-state index contributed by atoms with van der Waals surface area (Å²) in [6.45, 7) is -3.76. The van der Waals surface area contributed by atoms with Crippen molar-refractivity contribution < 1.29 is 22.7 Å². The fourth-order valence-electron chi connectivity index (χ4n) is 3.02. The van der Waals surface area contributed by atoms with Crippen LogP contribution in [0.3, 0.4) is 0 Å². The fourth-order valence-corrected chi connectivity index (χ4v) is 3.02. The zero-order valence-electron chi connectivity index (χ0n) is 14.8. The topological polar surface area (TPSA) is 67.9 Å². The van der Waals surface area contributed by atoms with E-state index >= 15 is 0 Å². The average Bonchev–Trinajstić information content (AvgIpc) is 2.92. The van der Waals surface area contributed by atoms with Crippen molar-refractivity contribution in [2.45, 2.75) is 12.2 Å². The number of carbonyl (C=O) groups excluding carboxylic acids is 1. The molecule has 0 saturated heterocycles. The van der Waals surface area contributed by atoms with Crippen molar-refractivity contribution in [2.75, 3.05) is 13.7 Å². The molecule has 0 aromatic heterocycles. The Hall–Kier alpha value is -3.47. The summed E-state index contributed by atoms with van der Waals surface area (Å²) in [5.41, 5.74) is 5.77. The number of hydrogen-bond acceptors (Lipinski definition) is 4. The van der Waals surface area contributed by atoms with E-state index in [9.17, 15) is 18.0 Å². The van der Waals surface area contributed by atoms with E-state index in [0.29, 0.717) is 16.7 Å². The summed E-state index contributed by atoms with van der Waals surface area (Å²) in [6.07, 6.45) is 0. The van der Waals surface area contributed by atoms with E-state index in [2.05, 4.69) is 21.6 Å². The molecule has 1 aliphatic rings. The molecule has 8 heteroatoms. The number of nitrogens with zero attached hydrogens (tertiary/aromatic N) is 2. The molecular formula is C20H16F3N3O2. The van der Waals surface area contributed by atoms with Crippen LogP contribution in [-0.4, -0.2) is 37.1 Å². The number of ether oxygens (including phenoxy) is 1. The molecule has 1 atom stereocenters. The maximum Gasteiger partial charge on any atom is 0.387 e. The zero-order chi connectivity index (χ0) is 20.3. The van der Waals surface area contributed by atoms with Gasteiger partial charge in [-0.3, -0.25) is 9.69 Å². The van der Waals surface area contributed by atoms with Crippen molar-refractivity contribution in [3.8, 4) is 17.6 Å². The lowest BCUT2D eigenvalue weighted by atomic mass is 9.82. The van der Waals surface area contributed by atoms with Crippen LogP contribution in [0.2, 0.25) is 0 Å². The third kappa shape index (κ3) is 3.39. The van der Waals surface area contributed by atoms with Gasteiger partial charge in [0.1, 0.15) is 5.75 Å². The van der Waals surface area contributed by atoms with E-state index in [1.165, 1.54) is 36.2 Å². The van der Waals surface area contributed by atoms with Gasteiger partial charge >= 0.3 is 6.61 Å². The number of amides is 1. The molecule has 28 heavy (non-hydrogen) atoms. The lowest BCUT2D eigenvalue weighted by Crippen LogP contribution is -2.41. The van der Waals surface area contributed by atoms with Crippen LogP contribution < -0.4 is 10.5 Å². The Labute approximate surface area is 159 Å². The Kier molecular flexibility index (Phi) is 5.27. The quantitative estimate of drug-likeness (QED) is 0.821. The van der Waals surface area contributed by atoms with E-state index < -0.39 is 24.7 Å². The van der Waals surface area contributed by atoms with Crippen molar-refractivity contribution >= 4 is 11.9 Å². The van der Waals surface area contributed by atoms with Crippen LogP contribution in [0, 0.1) is 11.8 Å². The molecule has 0 bridgehead atoms. The standard InChI is InChI=1S/C20H16F3N3O2/c1-26-17(27)20(25-19(26)24,14-7-9-16(10-8-14)28-18(22)23)15-6-2-4-13(12-15)5-3-11-21/h2,4,6-10,12,18H,11H2,1H3,(H2,24,25)/t20-/m0/s1. The highest BCUT2D eigenvalue weighted by Crippen LogP contribution is 2.40. The number of hydrogen-bond donors (Lipinski definition) is 1. The molecule has 0 unspecified atom stereocenters. The van der Waals surface area contributed by atoms with Gasteiger partial charge in [-0.25, -0.2) is 9.38 Å². The molecule has 144 valence electrons. The molecular weight excluding hydrogens is 371 g/mol. The lowest BCUT2D eigenvalue weighted by Gasteiger charge is -2.26. The summed E-state index contributed by atoms with van der Waals surface area (Å²) in [4.78, 5) is 18.7. The minimum Gasteiger partial charge on any atom is -0.435 e. The van der Waals surface area contributed by atoms with Gasteiger partial charge in [0.2, 0.25) is 0 Å². The molecule has 0 fully saturated rings. The first kappa shape index (κ1) is 19.3. The average molecular weight is 387 g/mol. The second-order valence-electron chi connectivity index (χ2n) is 5.96. The van der Waals surface area contributed by atoms with Crippen molar-refractivity contribution in [1.29, 1.82) is 0 Å². The molecule has 3 rings (SSSR count). The van der Waals surface area contributed by atoms with Gasteiger partial charge in [0.25, 0.3) is 5.91 Å². The number of carbonyl (C=O) groups is 1. The summed E-state index contributed by atoms with van der Waals surface area (Å²) in [5.74, 6) is 4.54. The van der Waals surface area contributed by atoms with Gasteiger partial charge in [0.05, 0.1) is 0 Å². The third-order valence-electron chi connectivity index (χ3n) is 4.32. The van der Waals surface area contributed by atoms with E-state index in [1.807, 2.05) is 0 Å². The zero-order valence-corrected chi connectivity index (χ0v) is 14.8. The number of rotatable bonds is 4. The second-order valence-corrected chi connectivity index (χ2v) is 5.96. The van der Waals surface area contributed by atoms with E-state index in [4.69, 9.17) is 5.73 Å². The molecule has 1 amide bonds. The molecule has 1 heterocycles. The van der Waals surface area contributed by atoms with E-state index in [1.54, 1.807) is 24.3 Å². The maximum atomic E-state index is 13.1. The summed E-state index contributed by atoms with van der Waals surface area (Å²) < 4.78 is 41.6. The molecule has 2 aromatic carbocycles. The van der Waals surface area contributed by atoms with Gasteiger partial charge in [0, 0.05) is 12.6 Å². The SMILES string of the molecule is CN1C(=O)[C@](c2ccc(OC(F)F)cc2)(c2cccc(C#CCF)c2)N=C1N. The van der Waals surface area contributed by atoms with Crippen molar-refractivity contribution in [3.63, 3.8) is 0 Å². The van der Waals surface area contributed by atoms with E-state index in [0.717, 1.165) is 0 Å². The first-order valence-electron chi connectivity index (χ1n) is 8.22. The lowest BCUT2D eigenvalue weighted by molar-refractivity contribution is -0.129. The van der Waals surface area contributed by atoms with Gasteiger partial charge in [-0.05, 0) is 35.4 Å². The highest BCUT2D eigenvalue weighted by atomic mass is 19.3. The van der Waals surface area contributed by atoms with Crippen LogP contribution >= 0.6 is 0 Å². The largest absolute Gasteiger partial charge is 0.435 e. The van der Waals surface area contributed by atoms with Crippen LogP contribution in [0.25, 0.3) is 0 Å². The molecule has 2 N–H and O–H groups in total. The van der Waals surface area contributed by atoms with Crippen LogP contribution in [0.4, 0.5) is 13.2 Å². The number of benzene rings is 2. The van der Waals surface area contributed by atoms with E-state index in [-0.39, 0.29) is 11.7 Å². The molecule has 1 aliphatic heterocycles. The highest BCUT2D eigenvalue weighted by molar-refractivity contribution is 6.08. The maximum absolute atomic E-state index is 13.1. The second kappa shape index (κ2) is 7.64. The minimum atomic E-state index is -2.96. The molecule has 0 aliphatic carbocycles. The number of guanidine groups is 1. The van der Waals surface area contributed by atoms with Gasteiger partial charge in [-0.1, -0.05) is 36.1 Å². The minimum absolute atomic E-state index is 0.0122. The van der Waals surface area contributed by atoms with Gasteiger partial charge < -0.3 is 10.5 Å². The van der Waals surface area contributed by atoms with Crippen molar-refractivity contribution in [2.24, 2.45) is 10.7 Å². The third-order valence-corrected chi connectivity index (χ3v) is 4.32. The first-order valence-corrected chi connectivity index (χ1v) is 8.22. The van der Waals surface area contributed by atoms with Gasteiger partial charge in [0.15, 0.2) is 18.2 Å². The summed E-state index contributed by atoms with van der Waals surface area (Å²) in [7, 11) is 1.49. The molecule has 0 spiro atoms. The van der Waals surface area contributed by atoms with Gasteiger partial charge in [-0.2, -0.15) is 8.78 Å². The number of alkyl halides is 3. The smallest absolute Gasteiger partial charge is 0.387 e. The van der Waals surface area contributed by atoms with Crippen molar-refractivity contribution in [1.82, 2.24) is 4.90 Å². The molecule has 0 saturated carbocycles. The van der Waals surface area contributed by atoms with Gasteiger partial charge in [-0.15, -0.1) is 0 Å². The normalized spacial score (nSPS) is 18.7. The van der Waals surface area contributed by atoms with Crippen LogP contribution in [0.5, 0.6) is 5.75 Å². The highest BCUT2D eigenvalue weighted by Gasteiger charge is 2.49. The van der Waals surface area contributed by atoms with Crippen LogP contribution in [-0.2, 0) is 10.3 Å². The summed E-state index contributed by atoms with van der Waals surface area (Å²) >= 11 is 0. The molecule has 5 nitrogen and oxygen atoms in total. The fraction of sp³-hybridized carbons (Fsp3) is 0.200. The molecule has 2 aromatic rings. The van der Waals surface area contributed by atoms with Crippen molar-refractivity contribution in [3.05, 3.63) is 65.2 Å². The summed E-state index contributed by atoms with van der Waals surface area (Å²) in [6, 6.07) is 12.3. The molecule has 0 radical (unpaired) electrons. The number of likely N-dealkylation sites (N-methyl/N-ethyl adjacent to an activating group) is 1. The Morgan fingerprint density at radius 1 is 1.21 bits per heavy atom. The predicted octanol–water partition coefficient (Wildman–Crippen LogP) is 2.64. The van der Waals surface area contributed by atoms with Crippen LogP contribution in [0.15, 0.2) is 53.5 Å². The number of aliphatic imine (C=N–C) groups is 1. The summed E-state index contributed by atoms with van der Waals surface area (Å²) in [5, 5.41) is 0. The monoisotopic (exact) mass is 387 g/mol. The first-order chi connectivity index (χ1) is 13.4. The Morgan fingerprint density at radius 2 is 1.93 bits per heavy atom. The predicted molar refractivity (Wildman–Crippen MR) is 97.5 cm³/mol. The Morgan fingerprint density at radius 3 is 2.50 bits per heavy atom. The van der Waals surface area contributed by atoms with Crippen LogP contribution in [0.1, 0.15) is 16.7 Å². The Bertz CT molecular complexity index is 980. The number of nitrogens with two attached hydrogens (primary N) is 1. The Balaban J connectivity index is 2.15. The number of halogens is 3.